The van der Waals surface area contributed by atoms with E-state index in [9.17, 15) is 9.59 Å². The normalized spacial score (nSPS) is 18.9. The SMILES string of the molecule is CC.CCC(C)(C)CC(C)(C)CN1C(=O)CC(C)(C)CC1=O. The van der Waals surface area contributed by atoms with Gasteiger partial charge in [-0.1, -0.05) is 68.7 Å². The maximum Gasteiger partial charge on any atom is 0.229 e. The van der Waals surface area contributed by atoms with Crippen LogP contribution in [0, 0.1) is 16.2 Å². The largest absolute Gasteiger partial charge is 0.282 e. The Hall–Kier alpha value is -0.860. The molecule has 1 aliphatic heterocycles. The second-order valence-electron chi connectivity index (χ2n) is 8.75. The van der Waals surface area contributed by atoms with Crippen molar-refractivity contribution in [1.29, 1.82) is 0 Å². The molecule has 0 aliphatic carbocycles. The lowest BCUT2D eigenvalue weighted by molar-refractivity contribution is -0.154. The van der Waals surface area contributed by atoms with Gasteiger partial charge in [0.25, 0.3) is 0 Å². The van der Waals surface area contributed by atoms with Gasteiger partial charge in [-0.15, -0.1) is 0 Å². The fraction of sp³-hybridized carbons (Fsp3) is 0.895. The molecule has 130 valence electrons. The minimum absolute atomic E-state index is 0.00590. The number of imide groups is 1. The predicted octanol–water partition coefficient (Wildman–Crippen LogP) is 5.04. The first-order chi connectivity index (χ1) is 9.87. The van der Waals surface area contributed by atoms with Gasteiger partial charge in [-0.25, -0.2) is 0 Å². The molecule has 0 radical (unpaired) electrons. The van der Waals surface area contributed by atoms with Crippen LogP contribution in [0.5, 0.6) is 0 Å². The van der Waals surface area contributed by atoms with Crippen molar-refractivity contribution in [2.75, 3.05) is 6.54 Å². The molecule has 0 atom stereocenters. The van der Waals surface area contributed by atoms with E-state index in [4.69, 9.17) is 0 Å². The van der Waals surface area contributed by atoms with Gasteiger partial charge in [0.15, 0.2) is 0 Å². The molecule has 1 saturated heterocycles. The molecule has 1 heterocycles. The van der Waals surface area contributed by atoms with Crippen LogP contribution < -0.4 is 0 Å². The van der Waals surface area contributed by atoms with Gasteiger partial charge in [0.05, 0.1) is 0 Å². The van der Waals surface area contributed by atoms with Crippen molar-refractivity contribution in [3.05, 3.63) is 0 Å². The summed E-state index contributed by atoms with van der Waals surface area (Å²) in [6.45, 7) is 19.5. The summed E-state index contributed by atoms with van der Waals surface area (Å²) in [6.07, 6.45) is 3.07. The van der Waals surface area contributed by atoms with Gasteiger partial charge in [-0.2, -0.15) is 0 Å². The molecule has 1 rings (SSSR count). The molecule has 1 aliphatic rings. The number of hydrogen-bond acceptors (Lipinski definition) is 2. The zero-order valence-corrected chi connectivity index (χ0v) is 16.3. The fourth-order valence-corrected chi connectivity index (χ4v) is 3.29. The zero-order chi connectivity index (χ0) is 17.8. The number of carbonyl (C=O) groups is 2. The van der Waals surface area contributed by atoms with Gasteiger partial charge in [0.2, 0.25) is 11.8 Å². The highest BCUT2D eigenvalue weighted by Gasteiger charge is 2.40. The van der Waals surface area contributed by atoms with Crippen LogP contribution in [0.1, 0.15) is 88.0 Å². The molecule has 0 unspecified atom stereocenters. The quantitative estimate of drug-likeness (QED) is 0.667. The van der Waals surface area contributed by atoms with Crippen LogP contribution >= 0.6 is 0 Å². The first-order valence-corrected chi connectivity index (χ1v) is 8.71. The molecule has 22 heavy (non-hydrogen) atoms. The molecule has 0 spiro atoms. The van der Waals surface area contributed by atoms with Crippen molar-refractivity contribution in [2.24, 2.45) is 16.2 Å². The second kappa shape index (κ2) is 7.61. The molecule has 3 heteroatoms. The lowest BCUT2D eigenvalue weighted by atomic mass is 9.73. The first kappa shape index (κ1) is 21.1. The summed E-state index contributed by atoms with van der Waals surface area (Å²) in [5.41, 5.74) is 0.0223. The van der Waals surface area contributed by atoms with Crippen molar-refractivity contribution in [1.82, 2.24) is 4.90 Å². The summed E-state index contributed by atoms with van der Waals surface area (Å²) in [4.78, 5) is 26.0. The standard InChI is InChI=1S/C17H31NO2.C2H6/c1-8-15(2,3)11-17(6,7)12-18-13(19)9-16(4,5)10-14(18)20;1-2/h8-12H2,1-7H3;1-2H3. The lowest BCUT2D eigenvalue weighted by Crippen LogP contribution is -2.50. The van der Waals surface area contributed by atoms with E-state index in [2.05, 4.69) is 34.6 Å². The van der Waals surface area contributed by atoms with E-state index in [1.165, 1.54) is 4.90 Å². The van der Waals surface area contributed by atoms with Crippen LogP contribution in [0.15, 0.2) is 0 Å². The third-order valence-corrected chi connectivity index (χ3v) is 4.36. The number of rotatable bonds is 5. The van der Waals surface area contributed by atoms with Crippen molar-refractivity contribution >= 4 is 11.8 Å². The Morgan fingerprint density at radius 2 is 1.36 bits per heavy atom. The Morgan fingerprint density at radius 1 is 0.955 bits per heavy atom. The third-order valence-electron chi connectivity index (χ3n) is 4.36. The van der Waals surface area contributed by atoms with Gasteiger partial charge < -0.3 is 0 Å². The zero-order valence-electron chi connectivity index (χ0n) is 16.3. The number of likely N-dealkylation sites (tertiary alicyclic amines) is 1. The molecule has 1 fully saturated rings. The Morgan fingerprint density at radius 3 is 1.73 bits per heavy atom. The highest BCUT2D eigenvalue weighted by Crippen LogP contribution is 2.38. The summed E-state index contributed by atoms with van der Waals surface area (Å²) >= 11 is 0. The van der Waals surface area contributed by atoms with Gasteiger partial charge in [0, 0.05) is 19.4 Å². The monoisotopic (exact) mass is 311 g/mol. The molecular formula is C19H37NO2. The first-order valence-electron chi connectivity index (χ1n) is 8.71. The number of nitrogens with zero attached hydrogens (tertiary/aromatic N) is 1. The maximum absolute atomic E-state index is 12.2. The van der Waals surface area contributed by atoms with E-state index in [1.54, 1.807) is 0 Å². The van der Waals surface area contributed by atoms with E-state index in [0.717, 1.165) is 12.8 Å². The van der Waals surface area contributed by atoms with Crippen molar-refractivity contribution < 1.29 is 9.59 Å². The summed E-state index contributed by atoms with van der Waals surface area (Å²) in [6, 6.07) is 0. The fourth-order valence-electron chi connectivity index (χ4n) is 3.29. The average Bonchev–Trinajstić information content (AvgIpc) is 2.34. The van der Waals surface area contributed by atoms with Gasteiger partial charge in [-0.05, 0) is 22.7 Å². The molecule has 0 aromatic rings. The van der Waals surface area contributed by atoms with Crippen LogP contribution in [0.3, 0.4) is 0 Å². The predicted molar refractivity (Wildman–Crippen MR) is 93.6 cm³/mol. The highest BCUT2D eigenvalue weighted by atomic mass is 16.2. The molecular weight excluding hydrogens is 274 g/mol. The van der Waals surface area contributed by atoms with E-state index in [1.807, 2.05) is 27.7 Å². The van der Waals surface area contributed by atoms with E-state index >= 15 is 0 Å². The van der Waals surface area contributed by atoms with Gasteiger partial charge >= 0.3 is 0 Å². The van der Waals surface area contributed by atoms with Gasteiger partial charge in [-0.3, -0.25) is 14.5 Å². The van der Waals surface area contributed by atoms with Crippen LogP contribution in [0.4, 0.5) is 0 Å². The second-order valence-corrected chi connectivity index (χ2v) is 8.75. The van der Waals surface area contributed by atoms with Crippen LogP contribution in [-0.2, 0) is 9.59 Å². The molecule has 0 aromatic heterocycles. The summed E-state index contributed by atoms with van der Waals surface area (Å²) in [5, 5.41) is 0. The maximum atomic E-state index is 12.2. The molecule has 0 aromatic carbocycles. The Labute approximate surface area is 137 Å². The van der Waals surface area contributed by atoms with E-state index in [-0.39, 0.29) is 28.1 Å². The minimum Gasteiger partial charge on any atom is -0.282 e. The molecule has 0 bridgehead atoms. The minimum atomic E-state index is -0.183. The third kappa shape index (κ3) is 6.50. The van der Waals surface area contributed by atoms with Crippen molar-refractivity contribution in [3.63, 3.8) is 0 Å². The topological polar surface area (TPSA) is 37.4 Å². The summed E-state index contributed by atoms with van der Waals surface area (Å²) in [5.74, 6) is -0.0118. The lowest BCUT2D eigenvalue weighted by Gasteiger charge is -2.41. The molecule has 0 N–H and O–H groups in total. The molecule has 3 nitrogen and oxygen atoms in total. The van der Waals surface area contributed by atoms with Gasteiger partial charge in [0.1, 0.15) is 0 Å². The van der Waals surface area contributed by atoms with Crippen LogP contribution in [0.25, 0.3) is 0 Å². The number of carbonyl (C=O) groups excluding carboxylic acids is 2. The molecule has 0 saturated carbocycles. The molecule has 2 amide bonds. The Balaban J connectivity index is 0.00000211. The van der Waals surface area contributed by atoms with Crippen LogP contribution in [0.2, 0.25) is 0 Å². The summed E-state index contributed by atoms with van der Waals surface area (Å²) < 4.78 is 0. The number of hydrogen-bond donors (Lipinski definition) is 0. The Kier molecular flexibility index (Phi) is 7.31. The smallest absolute Gasteiger partial charge is 0.229 e. The van der Waals surface area contributed by atoms with E-state index in [0.29, 0.717) is 19.4 Å². The van der Waals surface area contributed by atoms with Crippen molar-refractivity contribution in [3.8, 4) is 0 Å². The summed E-state index contributed by atoms with van der Waals surface area (Å²) in [7, 11) is 0. The average molecular weight is 312 g/mol. The number of piperidine rings is 1. The van der Waals surface area contributed by atoms with Crippen molar-refractivity contribution in [2.45, 2.75) is 88.0 Å². The number of amides is 2. The van der Waals surface area contributed by atoms with Crippen LogP contribution in [-0.4, -0.2) is 23.3 Å². The Bertz CT molecular complexity index is 374. The highest BCUT2D eigenvalue weighted by molar-refractivity contribution is 5.98. The van der Waals surface area contributed by atoms with E-state index < -0.39 is 0 Å².